The summed E-state index contributed by atoms with van der Waals surface area (Å²) < 4.78 is 5.90. The molecule has 0 amide bonds. The molecule has 5 aliphatic rings. The van der Waals surface area contributed by atoms with Crippen LogP contribution in [0.25, 0.3) is 0 Å². The van der Waals surface area contributed by atoms with Gasteiger partial charge in [-0.15, -0.1) is 0 Å². The molecule has 13 atom stereocenters. The van der Waals surface area contributed by atoms with E-state index in [0.29, 0.717) is 38.2 Å². The molecule has 13 unspecified atom stereocenters. The van der Waals surface area contributed by atoms with Crippen LogP contribution in [0.3, 0.4) is 0 Å². The topological polar surface area (TPSA) is 127 Å². The van der Waals surface area contributed by atoms with Crippen LogP contribution in [0.2, 0.25) is 0 Å². The van der Waals surface area contributed by atoms with Gasteiger partial charge in [0.05, 0.1) is 29.5 Å². The van der Waals surface area contributed by atoms with E-state index in [1.807, 2.05) is 20.8 Å². The fraction of sp³-hybridized carbons (Fsp3) is 0.893. The van der Waals surface area contributed by atoms with Crippen LogP contribution in [0.5, 0.6) is 0 Å². The van der Waals surface area contributed by atoms with E-state index < -0.39 is 46.4 Å². The van der Waals surface area contributed by atoms with Crippen molar-refractivity contribution in [3.63, 3.8) is 0 Å². The van der Waals surface area contributed by atoms with Gasteiger partial charge in [-0.05, 0) is 86.2 Å². The molecule has 5 rings (SSSR count). The van der Waals surface area contributed by atoms with Crippen LogP contribution in [0, 0.1) is 40.4 Å². The maximum atomic E-state index is 13.3. The Hall–Kier alpha value is -0.830. The number of aliphatic hydroxyl groups excluding tert-OH is 3. The first kappa shape index (κ1) is 25.8. The van der Waals surface area contributed by atoms with Crippen LogP contribution in [0.4, 0.5) is 0 Å². The average Bonchev–Trinajstić information content (AvgIpc) is 3.26. The lowest BCUT2D eigenvalue weighted by atomic mass is 9.45. The van der Waals surface area contributed by atoms with Crippen LogP contribution in [-0.2, 0) is 9.53 Å². The van der Waals surface area contributed by atoms with Crippen molar-refractivity contribution in [1.82, 2.24) is 0 Å². The lowest BCUT2D eigenvalue weighted by Gasteiger charge is -2.60. The highest BCUT2D eigenvalue weighted by molar-refractivity contribution is 5.95. The molecule has 1 saturated heterocycles. The van der Waals surface area contributed by atoms with Crippen LogP contribution in [-0.4, -0.2) is 73.5 Å². The number of ether oxygens (including phenoxy) is 1. The molecule has 0 aromatic heterocycles. The molecular formula is C28H44O7. The highest BCUT2D eigenvalue weighted by Crippen LogP contribution is 2.68. The number of fused-ring (bicyclic) bond motifs is 5. The van der Waals surface area contributed by atoms with E-state index in [1.54, 1.807) is 13.0 Å². The molecule has 3 saturated carbocycles. The van der Waals surface area contributed by atoms with Gasteiger partial charge in [-0.25, -0.2) is 0 Å². The standard InChI is InChI=1S/C28H44O7/c1-14-13-35-23(15(14)2)24(32)27(5,33)22-7-9-28(34)17-10-19(29)18-11-20(30)21(31)12-25(18,3)16(17)6-8-26(22,28)4/h10,14-16,18,20-24,30-34H,6-9,11-13H2,1-5H3. The first-order valence-electron chi connectivity index (χ1n) is 13.5. The number of carbonyl (C=O) groups excluding carboxylic acids is 1. The molecule has 0 aromatic carbocycles. The van der Waals surface area contributed by atoms with Crippen LogP contribution in [0.1, 0.15) is 73.1 Å². The number of aliphatic hydroxyl groups is 5. The molecule has 0 spiro atoms. The third-order valence-electron chi connectivity index (χ3n) is 11.7. The van der Waals surface area contributed by atoms with Crippen molar-refractivity contribution >= 4 is 5.78 Å². The molecule has 1 aliphatic heterocycles. The molecule has 7 nitrogen and oxygen atoms in total. The minimum atomic E-state index is -1.47. The summed E-state index contributed by atoms with van der Waals surface area (Å²) in [6.45, 7) is 10.4. The second-order valence-electron chi connectivity index (χ2n) is 13.4. The van der Waals surface area contributed by atoms with Crippen molar-refractivity contribution in [2.75, 3.05) is 6.61 Å². The Kier molecular flexibility index (Phi) is 5.96. The molecule has 35 heavy (non-hydrogen) atoms. The zero-order valence-electron chi connectivity index (χ0n) is 21.8. The van der Waals surface area contributed by atoms with Crippen LogP contribution >= 0.6 is 0 Å². The maximum absolute atomic E-state index is 13.3. The van der Waals surface area contributed by atoms with Crippen LogP contribution < -0.4 is 0 Å². The highest BCUT2D eigenvalue weighted by atomic mass is 16.5. The molecule has 4 aliphatic carbocycles. The third-order valence-corrected chi connectivity index (χ3v) is 11.7. The largest absolute Gasteiger partial charge is 0.390 e. The number of hydrogen-bond acceptors (Lipinski definition) is 7. The highest BCUT2D eigenvalue weighted by Gasteiger charge is 2.69. The molecular weight excluding hydrogens is 448 g/mol. The van der Waals surface area contributed by atoms with Crippen molar-refractivity contribution in [3.8, 4) is 0 Å². The van der Waals surface area contributed by atoms with Gasteiger partial charge in [0.25, 0.3) is 0 Å². The van der Waals surface area contributed by atoms with Gasteiger partial charge in [-0.2, -0.15) is 0 Å². The smallest absolute Gasteiger partial charge is 0.159 e. The monoisotopic (exact) mass is 492 g/mol. The van der Waals surface area contributed by atoms with Gasteiger partial charge in [-0.3, -0.25) is 4.79 Å². The second-order valence-corrected chi connectivity index (χ2v) is 13.4. The van der Waals surface area contributed by atoms with Crippen LogP contribution in [0.15, 0.2) is 11.6 Å². The fourth-order valence-corrected chi connectivity index (χ4v) is 9.12. The SMILES string of the molecule is CC1COC(C(O)C(C)(O)C2CCC3(O)C4=CC(=O)C5CC(O)C(O)CC5(C)C4CCC23C)C1C. The van der Waals surface area contributed by atoms with E-state index >= 15 is 0 Å². The van der Waals surface area contributed by atoms with E-state index in [2.05, 4.69) is 6.92 Å². The number of rotatable bonds is 3. The molecule has 0 radical (unpaired) electrons. The van der Waals surface area contributed by atoms with Gasteiger partial charge >= 0.3 is 0 Å². The van der Waals surface area contributed by atoms with Crippen molar-refractivity contribution in [2.45, 2.75) is 109 Å². The predicted molar refractivity (Wildman–Crippen MR) is 129 cm³/mol. The molecule has 198 valence electrons. The Bertz CT molecular complexity index is 915. The van der Waals surface area contributed by atoms with Crippen molar-refractivity contribution in [1.29, 1.82) is 0 Å². The van der Waals surface area contributed by atoms with Gasteiger partial charge in [0.15, 0.2) is 5.78 Å². The Balaban J connectivity index is 1.49. The fourth-order valence-electron chi connectivity index (χ4n) is 9.12. The maximum Gasteiger partial charge on any atom is 0.159 e. The summed E-state index contributed by atoms with van der Waals surface area (Å²) in [5.74, 6) is -0.481. The van der Waals surface area contributed by atoms with E-state index in [0.717, 1.165) is 12.0 Å². The number of allylic oxidation sites excluding steroid dienone is 1. The lowest BCUT2D eigenvalue weighted by Crippen LogP contribution is -2.63. The summed E-state index contributed by atoms with van der Waals surface area (Å²) in [7, 11) is 0. The molecule has 0 bridgehead atoms. The van der Waals surface area contributed by atoms with Gasteiger partial charge < -0.3 is 30.3 Å². The van der Waals surface area contributed by atoms with Gasteiger partial charge in [0.2, 0.25) is 0 Å². The Morgan fingerprint density at radius 1 is 1.11 bits per heavy atom. The normalized spacial score (nSPS) is 54.3. The number of hydrogen-bond donors (Lipinski definition) is 5. The van der Waals surface area contributed by atoms with Crippen molar-refractivity contribution < 1.29 is 35.1 Å². The Morgan fingerprint density at radius 3 is 2.43 bits per heavy atom. The van der Waals surface area contributed by atoms with Gasteiger partial charge in [0, 0.05) is 17.9 Å². The Labute approximate surface area is 208 Å². The van der Waals surface area contributed by atoms with Gasteiger partial charge in [0.1, 0.15) is 6.10 Å². The summed E-state index contributed by atoms with van der Waals surface area (Å²) in [6.07, 6.45) is 1.19. The molecule has 1 heterocycles. The quantitative estimate of drug-likeness (QED) is 0.408. The summed E-state index contributed by atoms with van der Waals surface area (Å²) in [4.78, 5) is 13.3. The van der Waals surface area contributed by atoms with E-state index in [-0.39, 0.29) is 35.9 Å². The first-order valence-corrected chi connectivity index (χ1v) is 13.5. The van der Waals surface area contributed by atoms with Crippen molar-refractivity contribution in [3.05, 3.63) is 11.6 Å². The molecule has 4 fully saturated rings. The number of carbonyl (C=O) groups is 1. The lowest BCUT2D eigenvalue weighted by molar-refractivity contribution is -0.194. The summed E-state index contributed by atoms with van der Waals surface area (Å²) >= 11 is 0. The first-order chi connectivity index (χ1) is 16.2. The van der Waals surface area contributed by atoms with E-state index in [9.17, 15) is 30.3 Å². The summed E-state index contributed by atoms with van der Waals surface area (Å²) in [6, 6.07) is 0. The summed E-state index contributed by atoms with van der Waals surface area (Å²) in [5, 5.41) is 56.3. The predicted octanol–water partition coefficient (Wildman–Crippen LogP) is 1.97. The third kappa shape index (κ3) is 3.34. The molecule has 5 N–H and O–H groups in total. The minimum absolute atomic E-state index is 0.0712. The van der Waals surface area contributed by atoms with E-state index in [4.69, 9.17) is 4.74 Å². The average molecular weight is 493 g/mol. The van der Waals surface area contributed by atoms with Crippen molar-refractivity contribution in [2.24, 2.45) is 40.4 Å². The zero-order valence-corrected chi connectivity index (χ0v) is 21.8. The minimum Gasteiger partial charge on any atom is -0.390 e. The molecule has 7 heteroatoms. The summed E-state index contributed by atoms with van der Waals surface area (Å²) in [5.41, 5.74) is -3.26. The van der Waals surface area contributed by atoms with E-state index in [1.165, 1.54) is 0 Å². The molecule has 0 aromatic rings. The second kappa shape index (κ2) is 8.08. The zero-order chi connectivity index (χ0) is 25.7. The Morgan fingerprint density at radius 2 is 1.80 bits per heavy atom. The number of ketones is 1. The van der Waals surface area contributed by atoms with Gasteiger partial charge in [-0.1, -0.05) is 27.7 Å².